The average molecular weight is 613 g/mol. The number of fused-ring (bicyclic) bond motifs is 1. The van der Waals surface area contributed by atoms with E-state index in [4.69, 9.17) is 14.2 Å². The number of carbonyl (C=O) groups is 1. The van der Waals surface area contributed by atoms with E-state index in [0.29, 0.717) is 43.4 Å². The second kappa shape index (κ2) is 11.2. The molecule has 1 fully saturated rings. The van der Waals surface area contributed by atoms with Crippen LogP contribution in [0.2, 0.25) is 0 Å². The number of hydrogen-bond acceptors (Lipinski definition) is 7. The number of ether oxygens (including phenoxy) is 3. The van der Waals surface area contributed by atoms with Gasteiger partial charge in [-0.25, -0.2) is 14.3 Å². The SMILES string of the molecule is CC(C)(C)OC(=O)NC1CC(COCCOc2cc(-c3cn[nH]c(=O)c3)cc3c2cnn3PI)C1. The highest BCUT2D eigenvalue weighted by Crippen LogP contribution is 2.36. The van der Waals surface area contributed by atoms with Gasteiger partial charge in [0.25, 0.3) is 5.56 Å². The largest absolute Gasteiger partial charge is 0.490 e. The second-order valence-electron chi connectivity index (χ2n) is 9.49. The first-order valence-electron chi connectivity index (χ1n) is 11.4. The molecule has 2 aromatic heterocycles. The molecule has 12 heteroatoms. The van der Waals surface area contributed by atoms with Crippen molar-refractivity contribution in [2.24, 2.45) is 5.92 Å². The molecule has 2 heterocycles. The highest BCUT2D eigenvalue weighted by Gasteiger charge is 2.31. The van der Waals surface area contributed by atoms with Crippen molar-refractivity contribution in [1.82, 2.24) is 25.1 Å². The zero-order chi connectivity index (χ0) is 25.0. The van der Waals surface area contributed by atoms with E-state index in [1.54, 1.807) is 12.4 Å². The van der Waals surface area contributed by atoms with Crippen LogP contribution in [0.1, 0.15) is 33.6 Å². The van der Waals surface area contributed by atoms with Gasteiger partial charge in [-0.2, -0.15) is 10.2 Å². The molecule has 4 rings (SSSR count). The highest BCUT2D eigenvalue weighted by atomic mass is 127. The van der Waals surface area contributed by atoms with Crippen LogP contribution >= 0.6 is 28.4 Å². The number of nitrogens with one attached hydrogen (secondary N) is 2. The lowest BCUT2D eigenvalue weighted by molar-refractivity contribution is 0.0263. The third-order valence-corrected chi connectivity index (χ3v) is 7.41. The van der Waals surface area contributed by atoms with Gasteiger partial charge < -0.3 is 19.5 Å². The van der Waals surface area contributed by atoms with E-state index < -0.39 is 5.60 Å². The molecule has 10 nitrogen and oxygen atoms in total. The minimum absolute atomic E-state index is 0.139. The van der Waals surface area contributed by atoms with Gasteiger partial charge in [0.15, 0.2) is 0 Å². The Kier molecular flexibility index (Phi) is 8.28. The predicted molar refractivity (Wildman–Crippen MR) is 144 cm³/mol. The smallest absolute Gasteiger partial charge is 0.407 e. The van der Waals surface area contributed by atoms with Crippen LogP contribution < -0.4 is 15.6 Å². The molecule has 35 heavy (non-hydrogen) atoms. The summed E-state index contributed by atoms with van der Waals surface area (Å²) < 4.78 is 19.1. The van der Waals surface area contributed by atoms with Gasteiger partial charge in [0, 0.05) is 24.3 Å². The van der Waals surface area contributed by atoms with Gasteiger partial charge >= 0.3 is 6.09 Å². The maximum Gasteiger partial charge on any atom is 0.407 e. The fourth-order valence-corrected chi connectivity index (χ4v) is 5.44. The van der Waals surface area contributed by atoms with E-state index in [2.05, 4.69) is 42.7 Å². The van der Waals surface area contributed by atoms with Gasteiger partial charge in [-0.3, -0.25) is 4.79 Å². The van der Waals surface area contributed by atoms with Crippen LogP contribution in [0.4, 0.5) is 4.79 Å². The summed E-state index contributed by atoms with van der Waals surface area (Å²) in [5.74, 6) is 1.10. The lowest BCUT2D eigenvalue weighted by Gasteiger charge is -2.35. The summed E-state index contributed by atoms with van der Waals surface area (Å²) in [5.41, 5.74) is 1.72. The number of H-pyrrole nitrogens is 1. The monoisotopic (exact) mass is 613 g/mol. The number of hydrogen-bond donors (Lipinski definition) is 2. The molecule has 1 unspecified atom stereocenters. The van der Waals surface area contributed by atoms with Crippen molar-refractivity contribution in [1.29, 1.82) is 0 Å². The number of aromatic amines is 1. The number of carbonyl (C=O) groups excluding carboxylic acids is 1. The second-order valence-corrected chi connectivity index (χ2v) is 11.5. The average Bonchev–Trinajstić information content (AvgIpc) is 3.18. The van der Waals surface area contributed by atoms with Gasteiger partial charge in [0.1, 0.15) is 18.0 Å². The van der Waals surface area contributed by atoms with Crippen molar-refractivity contribution in [2.75, 3.05) is 19.8 Å². The molecule has 1 aliphatic carbocycles. The first-order valence-corrected chi connectivity index (χ1v) is 15.4. The number of nitrogens with zero attached hydrogens (tertiary/aromatic N) is 3. The third-order valence-electron chi connectivity index (χ3n) is 5.52. The molecule has 0 bridgehead atoms. The van der Waals surface area contributed by atoms with Gasteiger partial charge in [-0.15, -0.1) is 0 Å². The van der Waals surface area contributed by atoms with Crippen LogP contribution in [0.25, 0.3) is 22.0 Å². The normalized spacial score (nSPS) is 18.1. The Morgan fingerprint density at radius 1 is 1.23 bits per heavy atom. The molecule has 188 valence electrons. The number of halogens is 1. The predicted octanol–water partition coefficient (Wildman–Crippen LogP) is 4.28. The van der Waals surface area contributed by atoms with E-state index in [1.807, 2.05) is 37.4 Å². The summed E-state index contributed by atoms with van der Waals surface area (Å²) >= 11 is 2.28. The van der Waals surface area contributed by atoms with Crippen LogP contribution in [-0.4, -0.2) is 57.3 Å². The van der Waals surface area contributed by atoms with E-state index in [9.17, 15) is 9.59 Å². The minimum Gasteiger partial charge on any atom is -0.490 e. The van der Waals surface area contributed by atoms with Crippen molar-refractivity contribution in [3.63, 3.8) is 0 Å². The molecule has 0 radical (unpaired) electrons. The van der Waals surface area contributed by atoms with Gasteiger partial charge in [0.05, 0.1) is 36.3 Å². The van der Waals surface area contributed by atoms with Crippen LogP contribution in [-0.2, 0) is 9.47 Å². The van der Waals surface area contributed by atoms with E-state index in [0.717, 1.165) is 29.3 Å². The molecule has 1 saturated carbocycles. The lowest BCUT2D eigenvalue weighted by Crippen LogP contribution is -2.47. The number of amides is 1. The standard InChI is InChI=1S/C23H29IN5O5P/c1-23(2,3)34-22(31)27-17-6-14(7-17)13-32-4-5-33-20-9-15(16-10-21(30)28-25-11-16)8-19-18(20)12-26-29(19)35-24/h8-12,14,17,35H,4-7,13H2,1-3H3,(H,27,31)(H,28,30). The molecule has 3 aromatic rings. The van der Waals surface area contributed by atoms with Crippen LogP contribution in [0, 0.1) is 5.92 Å². The Morgan fingerprint density at radius 2 is 2.03 bits per heavy atom. The summed E-state index contributed by atoms with van der Waals surface area (Å²) in [5, 5.41) is 14.6. The van der Waals surface area contributed by atoms with Crippen molar-refractivity contribution < 1.29 is 19.0 Å². The molecule has 1 amide bonds. The molecule has 1 aromatic carbocycles. The molecular formula is C23H29IN5O5P. The topological polar surface area (TPSA) is 120 Å². The molecule has 1 atom stereocenters. The molecule has 0 spiro atoms. The molecule has 0 aliphatic heterocycles. The zero-order valence-corrected chi connectivity index (χ0v) is 23.0. The number of benzene rings is 1. The number of rotatable bonds is 9. The van der Waals surface area contributed by atoms with E-state index >= 15 is 0 Å². The fraction of sp³-hybridized carbons (Fsp3) is 0.478. The quantitative estimate of drug-likeness (QED) is 0.210. The summed E-state index contributed by atoms with van der Waals surface area (Å²) in [6.45, 7) is 7.00. The summed E-state index contributed by atoms with van der Waals surface area (Å²) in [4.78, 5) is 23.6. The van der Waals surface area contributed by atoms with Gasteiger partial charge in [-0.05, 0) is 79.3 Å². The first kappa shape index (κ1) is 25.8. The van der Waals surface area contributed by atoms with Gasteiger partial charge in [-0.1, -0.05) is 0 Å². The lowest BCUT2D eigenvalue weighted by atomic mass is 9.81. The minimum atomic E-state index is -0.494. The Morgan fingerprint density at radius 3 is 2.74 bits per heavy atom. The molecule has 0 saturated heterocycles. The van der Waals surface area contributed by atoms with Crippen molar-refractivity contribution >= 4 is 45.4 Å². The Hall–Kier alpha value is -2.24. The molecule has 2 N–H and O–H groups in total. The van der Waals surface area contributed by atoms with E-state index in [-0.39, 0.29) is 17.7 Å². The fourth-order valence-electron chi connectivity index (χ4n) is 3.91. The van der Waals surface area contributed by atoms with Crippen molar-refractivity contribution in [2.45, 2.75) is 45.3 Å². The maximum absolute atomic E-state index is 11.8. The number of alkyl carbamates (subject to hydrolysis) is 1. The maximum atomic E-state index is 11.8. The molecule has 1 aliphatic rings. The Bertz CT molecular complexity index is 1240. The van der Waals surface area contributed by atoms with Crippen LogP contribution in [0.5, 0.6) is 5.75 Å². The summed E-state index contributed by atoms with van der Waals surface area (Å²) in [7, 11) is 0. The van der Waals surface area contributed by atoms with Crippen molar-refractivity contribution in [3.05, 3.63) is 40.9 Å². The third kappa shape index (κ3) is 6.92. The first-order chi connectivity index (χ1) is 16.7. The molecular weight excluding hydrogens is 584 g/mol. The van der Waals surface area contributed by atoms with Gasteiger partial charge in [0.2, 0.25) is 0 Å². The Labute approximate surface area is 217 Å². The number of aromatic nitrogens is 4. The van der Waals surface area contributed by atoms with Crippen LogP contribution in [0.15, 0.2) is 35.4 Å². The highest BCUT2D eigenvalue weighted by molar-refractivity contribution is 14.2. The van der Waals surface area contributed by atoms with Crippen molar-refractivity contribution in [3.8, 4) is 16.9 Å². The summed E-state index contributed by atoms with van der Waals surface area (Å²) in [6.07, 6.45) is 5.23. The zero-order valence-electron chi connectivity index (χ0n) is 19.8. The van der Waals surface area contributed by atoms with E-state index in [1.165, 1.54) is 6.07 Å². The van der Waals surface area contributed by atoms with Crippen LogP contribution in [0.3, 0.4) is 0 Å². The Balaban J connectivity index is 1.28. The summed E-state index contributed by atoms with van der Waals surface area (Å²) in [6, 6.07) is 5.55.